The molecule has 1 unspecified atom stereocenters. The van der Waals surface area contributed by atoms with Crippen molar-refractivity contribution in [1.29, 1.82) is 0 Å². The van der Waals surface area contributed by atoms with E-state index in [1.807, 2.05) is 6.92 Å². The van der Waals surface area contributed by atoms with E-state index in [0.717, 1.165) is 18.7 Å². The minimum atomic E-state index is -3.88. The van der Waals surface area contributed by atoms with Crippen LogP contribution in [0.5, 0.6) is 0 Å². The second kappa shape index (κ2) is 6.15. The van der Waals surface area contributed by atoms with Crippen LogP contribution >= 0.6 is 0 Å². The molecule has 1 N–H and O–H groups in total. The molecule has 1 atom stereocenters. The van der Waals surface area contributed by atoms with Gasteiger partial charge in [-0.3, -0.25) is 0 Å². The second-order valence-corrected chi connectivity index (χ2v) is 6.76. The molecule has 0 spiro atoms. The summed E-state index contributed by atoms with van der Waals surface area (Å²) in [5, 5.41) is 3.10. The minimum absolute atomic E-state index is 0.161. The Balaban J connectivity index is 2.38. The lowest BCUT2D eigenvalue weighted by molar-refractivity contribution is 0.334. The van der Waals surface area contributed by atoms with Crippen molar-refractivity contribution >= 4 is 10.0 Å². The van der Waals surface area contributed by atoms with Crippen LogP contribution in [0.4, 0.5) is 8.78 Å². The number of hydrogen-bond donors (Lipinski definition) is 1. The molecule has 7 heteroatoms. The van der Waals surface area contributed by atoms with Crippen molar-refractivity contribution in [2.24, 2.45) is 0 Å². The van der Waals surface area contributed by atoms with E-state index >= 15 is 0 Å². The number of rotatable bonds is 5. The molecule has 1 aliphatic heterocycles. The maximum absolute atomic E-state index is 13.2. The van der Waals surface area contributed by atoms with Crippen molar-refractivity contribution in [3.63, 3.8) is 0 Å². The summed E-state index contributed by atoms with van der Waals surface area (Å²) in [6.07, 6.45) is 1.35. The minimum Gasteiger partial charge on any atom is -0.315 e. The molecule has 0 amide bonds. The van der Waals surface area contributed by atoms with Crippen molar-refractivity contribution in [3.05, 3.63) is 29.8 Å². The first-order valence-electron chi connectivity index (χ1n) is 6.64. The van der Waals surface area contributed by atoms with Gasteiger partial charge in [-0.25, -0.2) is 17.2 Å². The van der Waals surface area contributed by atoms with Gasteiger partial charge in [-0.2, -0.15) is 4.31 Å². The summed E-state index contributed by atoms with van der Waals surface area (Å²) in [5.74, 6) is -1.77. The molecule has 1 fully saturated rings. The van der Waals surface area contributed by atoms with Gasteiger partial charge in [0.05, 0.1) is 4.90 Å². The van der Waals surface area contributed by atoms with E-state index in [-0.39, 0.29) is 10.9 Å². The quantitative estimate of drug-likeness (QED) is 0.901. The highest BCUT2D eigenvalue weighted by atomic mass is 32.2. The van der Waals surface area contributed by atoms with Crippen LogP contribution in [0.3, 0.4) is 0 Å². The normalized spacial score (nSPS) is 19.7. The SMILES string of the molecule is CCCN(C1CCNC1)S(=O)(=O)c1cc(F)cc(F)c1. The van der Waals surface area contributed by atoms with Crippen LogP contribution in [0.25, 0.3) is 0 Å². The smallest absolute Gasteiger partial charge is 0.243 e. The fourth-order valence-corrected chi connectivity index (χ4v) is 4.21. The van der Waals surface area contributed by atoms with E-state index in [1.165, 1.54) is 4.31 Å². The van der Waals surface area contributed by atoms with Gasteiger partial charge in [0.25, 0.3) is 0 Å². The van der Waals surface area contributed by atoms with Gasteiger partial charge in [0.2, 0.25) is 10.0 Å². The summed E-state index contributed by atoms with van der Waals surface area (Å²) in [6.45, 7) is 3.53. The van der Waals surface area contributed by atoms with E-state index in [4.69, 9.17) is 0 Å². The molecule has 0 saturated carbocycles. The van der Waals surface area contributed by atoms with Gasteiger partial charge >= 0.3 is 0 Å². The molecule has 112 valence electrons. The van der Waals surface area contributed by atoms with Crippen LogP contribution in [0.1, 0.15) is 19.8 Å². The zero-order chi connectivity index (χ0) is 14.8. The molecular formula is C13H18F2N2O2S. The summed E-state index contributed by atoms with van der Waals surface area (Å²) in [4.78, 5) is -0.324. The Hall–Kier alpha value is -1.05. The van der Waals surface area contributed by atoms with E-state index < -0.39 is 21.7 Å². The predicted molar refractivity (Wildman–Crippen MR) is 71.8 cm³/mol. The number of nitrogens with zero attached hydrogens (tertiary/aromatic N) is 1. The second-order valence-electron chi connectivity index (χ2n) is 4.87. The fraction of sp³-hybridized carbons (Fsp3) is 0.538. The third-order valence-electron chi connectivity index (χ3n) is 3.33. The lowest BCUT2D eigenvalue weighted by Gasteiger charge is -2.27. The van der Waals surface area contributed by atoms with Gasteiger partial charge in [-0.05, 0) is 31.5 Å². The van der Waals surface area contributed by atoms with Crippen molar-refractivity contribution < 1.29 is 17.2 Å². The summed E-state index contributed by atoms with van der Waals surface area (Å²) < 4.78 is 53.0. The van der Waals surface area contributed by atoms with Crippen LogP contribution in [-0.4, -0.2) is 38.4 Å². The number of halogens is 2. The van der Waals surface area contributed by atoms with Crippen molar-refractivity contribution in [2.45, 2.75) is 30.7 Å². The molecule has 1 saturated heterocycles. The summed E-state index contributed by atoms with van der Waals surface area (Å²) in [7, 11) is -3.88. The van der Waals surface area contributed by atoms with Gasteiger partial charge in [0.1, 0.15) is 11.6 Å². The molecule has 0 radical (unpaired) electrons. The van der Waals surface area contributed by atoms with Crippen molar-refractivity contribution in [2.75, 3.05) is 19.6 Å². The van der Waals surface area contributed by atoms with Gasteiger partial charge in [0, 0.05) is 25.2 Å². The molecule has 0 aliphatic carbocycles. The highest BCUT2D eigenvalue weighted by Crippen LogP contribution is 2.23. The first-order chi connectivity index (χ1) is 9.45. The maximum atomic E-state index is 13.2. The Labute approximate surface area is 117 Å². The zero-order valence-electron chi connectivity index (χ0n) is 11.3. The molecular weight excluding hydrogens is 286 g/mol. The third kappa shape index (κ3) is 3.16. The van der Waals surface area contributed by atoms with E-state index in [9.17, 15) is 17.2 Å². The maximum Gasteiger partial charge on any atom is 0.243 e. The summed E-state index contributed by atoms with van der Waals surface area (Å²) >= 11 is 0. The summed E-state index contributed by atoms with van der Waals surface area (Å²) in [5.41, 5.74) is 0. The Morgan fingerprint density at radius 2 is 1.95 bits per heavy atom. The predicted octanol–water partition coefficient (Wildman–Crippen LogP) is 1.73. The number of sulfonamides is 1. The molecule has 4 nitrogen and oxygen atoms in total. The highest BCUT2D eigenvalue weighted by Gasteiger charge is 2.33. The number of hydrogen-bond acceptors (Lipinski definition) is 3. The summed E-state index contributed by atoms with van der Waals surface area (Å²) in [6, 6.07) is 2.24. The Morgan fingerprint density at radius 3 is 2.45 bits per heavy atom. The molecule has 0 aromatic heterocycles. The largest absolute Gasteiger partial charge is 0.315 e. The lowest BCUT2D eigenvalue weighted by Crippen LogP contribution is -2.42. The van der Waals surface area contributed by atoms with E-state index in [2.05, 4.69) is 5.32 Å². The molecule has 2 rings (SSSR count). The molecule has 1 heterocycles. The molecule has 20 heavy (non-hydrogen) atoms. The van der Waals surface area contributed by atoms with Crippen molar-refractivity contribution in [1.82, 2.24) is 9.62 Å². The average Bonchev–Trinajstić information content (AvgIpc) is 2.88. The average molecular weight is 304 g/mol. The van der Waals surface area contributed by atoms with Crippen molar-refractivity contribution in [3.8, 4) is 0 Å². The van der Waals surface area contributed by atoms with E-state index in [0.29, 0.717) is 32.0 Å². The molecule has 1 aromatic rings. The topological polar surface area (TPSA) is 49.4 Å². The van der Waals surface area contributed by atoms with Gasteiger partial charge < -0.3 is 5.32 Å². The number of benzene rings is 1. The van der Waals surface area contributed by atoms with E-state index in [1.54, 1.807) is 0 Å². The fourth-order valence-electron chi connectivity index (χ4n) is 2.42. The Kier molecular flexibility index (Phi) is 4.72. The monoisotopic (exact) mass is 304 g/mol. The first-order valence-corrected chi connectivity index (χ1v) is 8.08. The van der Waals surface area contributed by atoms with Crippen LogP contribution in [-0.2, 0) is 10.0 Å². The molecule has 1 aliphatic rings. The van der Waals surface area contributed by atoms with Gasteiger partial charge in [-0.1, -0.05) is 6.92 Å². The number of nitrogens with one attached hydrogen (secondary N) is 1. The zero-order valence-corrected chi connectivity index (χ0v) is 12.1. The van der Waals surface area contributed by atoms with Crippen LogP contribution in [0.15, 0.2) is 23.1 Å². The Morgan fingerprint density at radius 1 is 1.30 bits per heavy atom. The van der Waals surface area contributed by atoms with Gasteiger partial charge in [-0.15, -0.1) is 0 Å². The standard InChI is InChI=1S/C13H18F2N2O2S/c1-2-5-17(12-3-4-16-9-12)20(18,19)13-7-10(14)6-11(15)8-13/h6-8,12,16H,2-5,9H2,1H3. The Bertz CT molecular complexity index is 551. The van der Waals surface area contributed by atoms with Crippen LogP contribution < -0.4 is 5.32 Å². The first kappa shape index (κ1) is 15.3. The van der Waals surface area contributed by atoms with Crippen LogP contribution in [0, 0.1) is 11.6 Å². The molecule has 1 aromatic carbocycles. The lowest BCUT2D eigenvalue weighted by atomic mass is 10.2. The molecule has 0 bridgehead atoms. The third-order valence-corrected chi connectivity index (χ3v) is 5.26. The highest BCUT2D eigenvalue weighted by molar-refractivity contribution is 7.89. The van der Waals surface area contributed by atoms with Gasteiger partial charge in [0.15, 0.2) is 0 Å². The van der Waals surface area contributed by atoms with Crippen LogP contribution in [0.2, 0.25) is 0 Å².